The number of ether oxygens (including phenoxy) is 1. The molecule has 0 radical (unpaired) electrons. The van der Waals surface area contributed by atoms with Crippen molar-refractivity contribution in [3.63, 3.8) is 0 Å². The molecule has 0 aliphatic carbocycles. The molecule has 0 spiro atoms. The number of methoxy groups -OCH3 is 1. The smallest absolute Gasteiger partial charge is 0.123 e. The fraction of sp³-hybridized carbons (Fsp3) is 0.474. The molecule has 0 aliphatic heterocycles. The third kappa shape index (κ3) is 3.76. The van der Waals surface area contributed by atoms with Gasteiger partial charge in [0.2, 0.25) is 0 Å². The summed E-state index contributed by atoms with van der Waals surface area (Å²) >= 11 is 0. The molecule has 0 heterocycles. The minimum absolute atomic E-state index is 0.329. The van der Waals surface area contributed by atoms with E-state index in [9.17, 15) is 0 Å². The molecule has 2 aromatic rings. The molecule has 114 valence electrons. The topological polar surface area (TPSA) is 21.3 Å². The van der Waals surface area contributed by atoms with Gasteiger partial charge in [0, 0.05) is 12.1 Å². The van der Waals surface area contributed by atoms with Crippen molar-refractivity contribution in [3.05, 3.63) is 42.0 Å². The molecular formula is C19H27NO. The SMILES string of the molecule is COc1ccc2ccccc2c1CNCC(C)C(C)(C)C. The summed E-state index contributed by atoms with van der Waals surface area (Å²) in [5.41, 5.74) is 1.58. The predicted molar refractivity (Wildman–Crippen MR) is 90.8 cm³/mol. The van der Waals surface area contributed by atoms with Crippen molar-refractivity contribution >= 4 is 10.8 Å². The molecule has 0 amide bonds. The van der Waals surface area contributed by atoms with E-state index in [1.165, 1.54) is 16.3 Å². The van der Waals surface area contributed by atoms with Gasteiger partial charge in [-0.1, -0.05) is 58.0 Å². The van der Waals surface area contributed by atoms with Crippen molar-refractivity contribution in [3.8, 4) is 5.75 Å². The first-order valence-electron chi connectivity index (χ1n) is 7.69. The average Bonchev–Trinajstić information content (AvgIpc) is 2.46. The summed E-state index contributed by atoms with van der Waals surface area (Å²) in [4.78, 5) is 0. The summed E-state index contributed by atoms with van der Waals surface area (Å²) in [6, 6.07) is 12.7. The van der Waals surface area contributed by atoms with Crippen LogP contribution in [0.4, 0.5) is 0 Å². The largest absolute Gasteiger partial charge is 0.496 e. The number of fused-ring (bicyclic) bond motifs is 1. The van der Waals surface area contributed by atoms with Crippen molar-refractivity contribution in [2.24, 2.45) is 11.3 Å². The quantitative estimate of drug-likeness (QED) is 0.865. The maximum Gasteiger partial charge on any atom is 0.123 e. The fourth-order valence-corrected chi connectivity index (χ4v) is 2.41. The molecule has 21 heavy (non-hydrogen) atoms. The van der Waals surface area contributed by atoms with E-state index in [1.54, 1.807) is 7.11 Å². The Balaban J connectivity index is 2.17. The van der Waals surface area contributed by atoms with Crippen molar-refractivity contribution in [1.82, 2.24) is 5.32 Å². The first kappa shape index (κ1) is 15.8. The molecule has 2 aromatic carbocycles. The van der Waals surface area contributed by atoms with Crippen LogP contribution in [-0.2, 0) is 6.54 Å². The molecule has 1 unspecified atom stereocenters. The van der Waals surface area contributed by atoms with E-state index in [4.69, 9.17) is 4.74 Å². The van der Waals surface area contributed by atoms with Gasteiger partial charge in [0.05, 0.1) is 7.11 Å². The lowest BCUT2D eigenvalue weighted by atomic mass is 9.82. The molecule has 0 aromatic heterocycles. The molecule has 2 rings (SSSR count). The van der Waals surface area contributed by atoms with Gasteiger partial charge in [-0.15, -0.1) is 0 Å². The minimum Gasteiger partial charge on any atom is -0.496 e. The lowest BCUT2D eigenvalue weighted by molar-refractivity contribution is 0.252. The van der Waals surface area contributed by atoms with E-state index < -0.39 is 0 Å². The van der Waals surface area contributed by atoms with Crippen LogP contribution >= 0.6 is 0 Å². The average molecular weight is 285 g/mol. The highest BCUT2D eigenvalue weighted by Gasteiger charge is 2.19. The fourth-order valence-electron chi connectivity index (χ4n) is 2.41. The predicted octanol–water partition coefficient (Wildman–Crippen LogP) is 4.62. The lowest BCUT2D eigenvalue weighted by Crippen LogP contribution is -2.29. The van der Waals surface area contributed by atoms with Gasteiger partial charge in [-0.25, -0.2) is 0 Å². The molecule has 0 saturated heterocycles. The van der Waals surface area contributed by atoms with Crippen LogP contribution in [0.25, 0.3) is 10.8 Å². The highest BCUT2D eigenvalue weighted by Crippen LogP contribution is 2.28. The monoisotopic (exact) mass is 285 g/mol. The Morgan fingerprint density at radius 3 is 2.48 bits per heavy atom. The number of hydrogen-bond donors (Lipinski definition) is 1. The van der Waals surface area contributed by atoms with E-state index in [-0.39, 0.29) is 0 Å². The molecule has 0 aliphatic rings. The van der Waals surface area contributed by atoms with Gasteiger partial charge < -0.3 is 10.1 Å². The maximum absolute atomic E-state index is 5.54. The van der Waals surface area contributed by atoms with Crippen LogP contribution < -0.4 is 10.1 Å². The Bertz CT molecular complexity index is 598. The van der Waals surface area contributed by atoms with Crippen LogP contribution in [-0.4, -0.2) is 13.7 Å². The minimum atomic E-state index is 0.329. The van der Waals surface area contributed by atoms with Crippen LogP contribution in [0.2, 0.25) is 0 Å². The highest BCUT2D eigenvalue weighted by molar-refractivity contribution is 5.87. The van der Waals surface area contributed by atoms with Gasteiger partial charge in [-0.05, 0) is 34.7 Å². The Morgan fingerprint density at radius 1 is 1.10 bits per heavy atom. The summed E-state index contributed by atoms with van der Waals surface area (Å²) in [5, 5.41) is 6.13. The first-order valence-corrected chi connectivity index (χ1v) is 7.69. The lowest BCUT2D eigenvalue weighted by Gasteiger charge is -2.27. The maximum atomic E-state index is 5.54. The zero-order valence-electron chi connectivity index (χ0n) is 13.9. The van der Waals surface area contributed by atoms with Crippen LogP contribution in [0.3, 0.4) is 0 Å². The van der Waals surface area contributed by atoms with E-state index in [2.05, 4.69) is 69.4 Å². The molecular weight excluding hydrogens is 258 g/mol. The summed E-state index contributed by atoms with van der Waals surface area (Å²) in [7, 11) is 1.74. The Morgan fingerprint density at radius 2 is 1.81 bits per heavy atom. The van der Waals surface area contributed by atoms with E-state index in [1.807, 2.05) is 0 Å². The van der Waals surface area contributed by atoms with Crippen molar-refractivity contribution < 1.29 is 4.74 Å². The Kier molecular flexibility index (Phi) is 4.89. The molecule has 1 atom stereocenters. The van der Waals surface area contributed by atoms with Gasteiger partial charge in [0.25, 0.3) is 0 Å². The molecule has 2 nitrogen and oxygen atoms in total. The van der Waals surface area contributed by atoms with Crippen molar-refractivity contribution in [2.75, 3.05) is 13.7 Å². The highest BCUT2D eigenvalue weighted by atomic mass is 16.5. The van der Waals surface area contributed by atoms with Crippen molar-refractivity contribution in [2.45, 2.75) is 34.2 Å². The third-order valence-electron chi connectivity index (χ3n) is 4.45. The standard InChI is InChI=1S/C19H27NO/c1-14(19(2,3)4)12-20-13-17-16-9-7-6-8-15(16)10-11-18(17)21-5/h6-11,14,20H,12-13H2,1-5H3. The number of hydrogen-bond acceptors (Lipinski definition) is 2. The molecule has 2 heteroatoms. The Hall–Kier alpha value is -1.54. The number of benzene rings is 2. The van der Waals surface area contributed by atoms with Crippen LogP contribution in [0.1, 0.15) is 33.3 Å². The molecule has 0 bridgehead atoms. The molecule has 0 saturated carbocycles. The van der Waals surface area contributed by atoms with Gasteiger partial charge in [-0.2, -0.15) is 0 Å². The third-order valence-corrected chi connectivity index (χ3v) is 4.45. The number of nitrogens with one attached hydrogen (secondary N) is 1. The van der Waals surface area contributed by atoms with E-state index in [0.717, 1.165) is 18.8 Å². The molecule has 1 N–H and O–H groups in total. The zero-order valence-corrected chi connectivity index (χ0v) is 13.9. The van der Waals surface area contributed by atoms with Crippen LogP contribution in [0.15, 0.2) is 36.4 Å². The normalized spacial score (nSPS) is 13.4. The summed E-state index contributed by atoms with van der Waals surface area (Å²) in [5.74, 6) is 1.59. The second-order valence-electron chi connectivity index (χ2n) is 6.87. The van der Waals surface area contributed by atoms with Gasteiger partial charge in [0.1, 0.15) is 5.75 Å². The van der Waals surface area contributed by atoms with Gasteiger partial charge in [-0.3, -0.25) is 0 Å². The summed E-state index contributed by atoms with van der Waals surface area (Å²) in [6.07, 6.45) is 0. The second kappa shape index (κ2) is 6.48. The summed E-state index contributed by atoms with van der Waals surface area (Å²) < 4.78 is 5.54. The Labute approximate surface area is 128 Å². The van der Waals surface area contributed by atoms with Gasteiger partial charge >= 0.3 is 0 Å². The van der Waals surface area contributed by atoms with Crippen LogP contribution in [0.5, 0.6) is 5.75 Å². The van der Waals surface area contributed by atoms with Crippen molar-refractivity contribution in [1.29, 1.82) is 0 Å². The second-order valence-corrected chi connectivity index (χ2v) is 6.87. The van der Waals surface area contributed by atoms with Crippen LogP contribution in [0, 0.1) is 11.3 Å². The van der Waals surface area contributed by atoms with Gasteiger partial charge in [0.15, 0.2) is 0 Å². The summed E-state index contributed by atoms with van der Waals surface area (Å²) in [6.45, 7) is 11.0. The van der Waals surface area contributed by atoms with E-state index in [0.29, 0.717) is 11.3 Å². The zero-order chi connectivity index (χ0) is 15.5. The number of rotatable bonds is 5. The molecule has 0 fully saturated rings. The first-order chi connectivity index (χ1) is 9.93. The van der Waals surface area contributed by atoms with E-state index >= 15 is 0 Å².